The van der Waals surface area contributed by atoms with Gasteiger partial charge < -0.3 is 9.13 Å². The molecule has 4 rings (SSSR count). The van der Waals surface area contributed by atoms with Gasteiger partial charge in [0.1, 0.15) is 5.52 Å². The normalized spacial score (nSPS) is 11.8. The molecular formula is C21H19N3O3S. The van der Waals surface area contributed by atoms with Crippen molar-refractivity contribution in [3.05, 3.63) is 94.4 Å². The first-order valence-corrected chi connectivity index (χ1v) is 10.7. The highest BCUT2D eigenvalue weighted by atomic mass is 32.2. The van der Waals surface area contributed by atoms with E-state index >= 15 is 0 Å². The summed E-state index contributed by atoms with van der Waals surface area (Å²) >= 11 is 0. The van der Waals surface area contributed by atoms with Crippen LogP contribution in [-0.2, 0) is 22.9 Å². The van der Waals surface area contributed by atoms with Crippen LogP contribution in [0.4, 0.5) is 0 Å². The number of fused-ring (bicyclic) bond motifs is 1. The fraction of sp³-hybridized carbons (Fsp3) is 0.143. The molecule has 0 saturated heterocycles. The van der Waals surface area contributed by atoms with E-state index in [1.165, 1.54) is 4.57 Å². The van der Waals surface area contributed by atoms with E-state index < -0.39 is 9.84 Å². The molecule has 0 radical (unpaired) electrons. The molecule has 142 valence electrons. The molecule has 0 spiro atoms. The lowest BCUT2D eigenvalue weighted by Gasteiger charge is -2.10. The predicted octanol–water partition coefficient (Wildman–Crippen LogP) is 2.70. The molecule has 0 N–H and O–H groups in total. The van der Waals surface area contributed by atoms with Gasteiger partial charge in [-0.1, -0.05) is 60.7 Å². The predicted molar refractivity (Wildman–Crippen MR) is 108 cm³/mol. The van der Waals surface area contributed by atoms with Crippen molar-refractivity contribution in [1.29, 1.82) is 0 Å². The molecule has 4 aromatic rings. The minimum absolute atomic E-state index is 0.0964. The Kier molecular flexibility index (Phi) is 4.60. The molecule has 0 saturated carbocycles. The van der Waals surface area contributed by atoms with Crippen LogP contribution >= 0.6 is 0 Å². The summed E-state index contributed by atoms with van der Waals surface area (Å²) in [5, 5.41) is -0.0964. The Morgan fingerprint density at radius 1 is 0.857 bits per heavy atom. The molecule has 2 aromatic carbocycles. The van der Waals surface area contributed by atoms with Gasteiger partial charge in [0, 0.05) is 12.5 Å². The lowest BCUT2D eigenvalue weighted by molar-refractivity contribution is 0.581. The zero-order valence-corrected chi connectivity index (χ0v) is 16.1. The average Bonchev–Trinajstić information content (AvgIpc) is 3.05. The summed E-state index contributed by atoms with van der Waals surface area (Å²) in [5.74, 6) is 0. The largest absolute Gasteiger partial charge is 0.309 e. The van der Waals surface area contributed by atoms with E-state index in [0.717, 1.165) is 17.4 Å². The van der Waals surface area contributed by atoms with Crippen LogP contribution in [0.1, 0.15) is 11.1 Å². The summed E-state index contributed by atoms with van der Waals surface area (Å²) in [6, 6.07) is 20.8. The quantitative estimate of drug-likeness (QED) is 0.523. The molecule has 0 bridgehead atoms. The summed E-state index contributed by atoms with van der Waals surface area (Å²) in [6.07, 6.45) is 2.77. The molecular weight excluding hydrogens is 374 g/mol. The van der Waals surface area contributed by atoms with E-state index in [2.05, 4.69) is 4.98 Å². The third-order valence-electron chi connectivity index (χ3n) is 4.55. The van der Waals surface area contributed by atoms with Crippen LogP contribution < -0.4 is 5.56 Å². The zero-order valence-electron chi connectivity index (χ0n) is 15.3. The molecule has 0 atom stereocenters. The highest BCUT2D eigenvalue weighted by Crippen LogP contribution is 2.19. The van der Waals surface area contributed by atoms with Crippen molar-refractivity contribution in [2.45, 2.75) is 18.2 Å². The van der Waals surface area contributed by atoms with Crippen LogP contribution in [0.3, 0.4) is 0 Å². The molecule has 0 unspecified atom stereocenters. The Labute approximate surface area is 162 Å². The molecule has 0 fully saturated rings. The maximum Gasteiger partial charge on any atom is 0.277 e. The highest BCUT2D eigenvalue weighted by molar-refractivity contribution is 7.90. The van der Waals surface area contributed by atoms with Gasteiger partial charge in [-0.15, -0.1) is 0 Å². The summed E-state index contributed by atoms with van der Waals surface area (Å²) in [6.45, 7) is 0.657. The Morgan fingerprint density at radius 3 is 2.00 bits per heavy atom. The number of rotatable bonds is 5. The number of hydrogen-bond acceptors (Lipinski definition) is 4. The fourth-order valence-electron chi connectivity index (χ4n) is 3.26. The van der Waals surface area contributed by atoms with Crippen molar-refractivity contribution >= 4 is 20.9 Å². The number of aromatic nitrogens is 3. The van der Waals surface area contributed by atoms with Gasteiger partial charge in [0.05, 0.1) is 18.6 Å². The number of nitrogens with zero attached hydrogens (tertiary/aromatic N) is 3. The van der Waals surface area contributed by atoms with Gasteiger partial charge in [-0.25, -0.2) is 13.4 Å². The maximum atomic E-state index is 13.2. The molecule has 2 heterocycles. The number of hydrogen-bond donors (Lipinski definition) is 0. The fourth-order valence-corrected chi connectivity index (χ4v) is 4.08. The first-order valence-electron chi connectivity index (χ1n) is 8.81. The number of imidazole rings is 1. The van der Waals surface area contributed by atoms with Crippen LogP contribution in [0.2, 0.25) is 0 Å². The molecule has 0 amide bonds. The smallest absolute Gasteiger partial charge is 0.277 e. The second kappa shape index (κ2) is 7.09. The lowest BCUT2D eigenvalue weighted by atomic mass is 10.2. The highest BCUT2D eigenvalue weighted by Gasteiger charge is 2.22. The SMILES string of the molecule is CS(=O)(=O)c1nc2ccn(Cc3ccccc3)c(=O)c2n1Cc1ccccc1. The van der Waals surface area contributed by atoms with Crippen molar-refractivity contribution in [2.24, 2.45) is 0 Å². The molecule has 28 heavy (non-hydrogen) atoms. The van der Waals surface area contributed by atoms with Crippen molar-refractivity contribution in [1.82, 2.24) is 14.1 Å². The van der Waals surface area contributed by atoms with Gasteiger partial charge in [0.25, 0.3) is 5.56 Å². The van der Waals surface area contributed by atoms with Crippen LogP contribution in [0.5, 0.6) is 0 Å². The Bertz CT molecular complexity index is 1290. The molecule has 0 aliphatic carbocycles. The Balaban J connectivity index is 1.91. The Morgan fingerprint density at radius 2 is 1.43 bits per heavy atom. The van der Waals surface area contributed by atoms with Crippen LogP contribution in [0.25, 0.3) is 11.0 Å². The first kappa shape index (κ1) is 18.2. The van der Waals surface area contributed by atoms with Gasteiger partial charge >= 0.3 is 0 Å². The summed E-state index contributed by atoms with van der Waals surface area (Å²) in [7, 11) is -3.60. The molecule has 7 heteroatoms. The second-order valence-electron chi connectivity index (χ2n) is 6.71. The summed E-state index contributed by atoms with van der Waals surface area (Å²) < 4.78 is 27.7. The molecule has 6 nitrogen and oxygen atoms in total. The van der Waals surface area contributed by atoms with Crippen molar-refractivity contribution in [2.75, 3.05) is 6.26 Å². The van der Waals surface area contributed by atoms with E-state index in [1.807, 2.05) is 60.7 Å². The van der Waals surface area contributed by atoms with Gasteiger partial charge in [0.15, 0.2) is 0 Å². The van der Waals surface area contributed by atoms with E-state index in [9.17, 15) is 13.2 Å². The molecule has 0 aliphatic rings. The maximum absolute atomic E-state index is 13.2. The van der Waals surface area contributed by atoms with Crippen LogP contribution in [0.15, 0.2) is 82.9 Å². The van der Waals surface area contributed by atoms with Crippen LogP contribution in [0, 0.1) is 0 Å². The number of pyridine rings is 1. The van der Waals surface area contributed by atoms with E-state index in [-0.39, 0.29) is 17.3 Å². The number of sulfone groups is 1. The third-order valence-corrected chi connectivity index (χ3v) is 5.52. The van der Waals surface area contributed by atoms with Gasteiger partial charge in [-0.2, -0.15) is 0 Å². The average molecular weight is 393 g/mol. The summed E-state index contributed by atoms with van der Waals surface area (Å²) in [5.41, 5.74) is 2.29. The Hall–Kier alpha value is -3.19. The lowest BCUT2D eigenvalue weighted by Crippen LogP contribution is -2.23. The van der Waals surface area contributed by atoms with Crippen LogP contribution in [-0.4, -0.2) is 28.8 Å². The molecule has 2 aromatic heterocycles. The minimum Gasteiger partial charge on any atom is -0.309 e. The minimum atomic E-state index is -3.60. The zero-order chi connectivity index (χ0) is 19.7. The van der Waals surface area contributed by atoms with Gasteiger partial charge in [-0.05, 0) is 17.2 Å². The monoisotopic (exact) mass is 393 g/mol. The topological polar surface area (TPSA) is 74.0 Å². The second-order valence-corrected chi connectivity index (χ2v) is 8.62. The van der Waals surface area contributed by atoms with Gasteiger partial charge in [-0.3, -0.25) is 4.79 Å². The van der Waals surface area contributed by atoms with E-state index in [1.54, 1.807) is 16.8 Å². The van der Waals surface area contributed by atoms with Crippen molar-refractivity contribution in [3.63, 3.8) is 0 Å². The standard InChI is InChI=1S/C21H19N3O3S/c1-28(26,27)21-22-18-12-13-23(14-16-8-4-2-5-9-16)20(25)19(18)24(21)15-17-10-6-3-7-11-17/h2-13H,14-15H2,1H3. The summed E-state index contributed by atoms with van der Waals surface area (Å²) in [4.78, 5) is 17.4. The molecule has 0 aliphatic heterocycles. The third kappa shape index (κ3) is 3.48. The van der Waals surface area contributed by atoms with Crippen molar-refractivity contribution < 1.29 is 8.42 Å². The first-order chi connectivity index (χ1) is 13.4. The van der Waals surface area contributed by atoms with E-state index in [0.29, 0.717) is 17.6 Å². The van der Waals surface area contributed by atoms with Crippen molar-refractivity contribution in [3.8, 4) is 0 Å². The van der Waals surface area contributed by atoms with Gasteiger partial charge in [0.2, 0.25) is 15.0 Å². The van der Waals surface area contributed by atoms with E-state index in [4.69, 9.17) is 0 Å². The number of benzene rings is 2.